The van der Waals surface area contributed by atoms with E-state index in [1.54, 1.807) is 0 Å². The van der Waals surface area contributed by atoms with Crippen LogP contribution in [0.1, 0.15) is 90.9 Å². The largest absolute Gasteiger partial charge is 1.00 e. The molecule has 0 bridgehead atoms. The first-order valence-corrected chi connectivity index (χ1v) is 10.0. The summed E-state index contributed by atoms with van der Waals surface area (Å²) in [5, 5.41) is 8.73. The van der Waals surface area contributed by atoms with Gasteiger partial charge in [0.2, 0.25) is 0 Å². The van der Waals surface area contributed by atoms with E-state index >= 15 is 0 Å². The van der Waals surface area contributed by atoms with Crippen molar-refractivity contribution < 1.29 is 69.5 Å². The fourth-order valence-electron chi connectivity index (χ4n) is 2.59. The van der Waals surface area contributed by atoms with Crippen LogP contribution in [0, 0.1) is 0 Å². The van der Waals surface area contributed by atoms with E-state index in [0.29, 0.717) is 12.8 Å². The second kappa shape index (κ2) is 16.0. The van der Waals surface area contributed by atoms with E-state index in [-0.39, 0.29) is 57.5 Å². The summed E-state index contributed by atoms with van der Waals surface area (Å²) in [5.41, 5.74) is 0. The predicted octanol–water partition coefficient (Wildman–Crippen LogP) is 0.986. The normalized spacial score (nSPS) is 14.4. The fourth-order valence-corrected chi connectivity index (χ4v) is 3.57. The number of rotatable bonds is 14. The summed E-state index contributed by atoms with van der Waals surface area (Å²) in [6.45, 7) is 3.91. The molecule has 0 aromatic carbocycles. The molecule has 2 unspecified atom stereocenters. The van der Waals surface area contributed by atoms with Crippen molar-refractivity contribution in [1.82, 2.24) is 0 Å². The number of unbranched alkanes of at least 4 members (excludes halogenated alkanes) is 6. The summed E-state index contributed by atoms with van der Waals surface area (Å²) in [6.07, 6.45) is 10.9. The third-order valence-electron chi connectivity index (χ3n) is 4.05. The summed E-state index contributed by atoms with van der Waals surface area (Å²) < 4.78 is 33.2. The van der Waals surface area contributed by atoms with Crippen LogP contribution in [0.3, 0.4) is 0 Å². The number of aliphatic hydroxyl groups excluding tert-OH is 1. The second-order valence-corrected chi connectivity index (χ2v) is 7.67. The first-order valence-electron chi connectivity index (χ1n) is 8.54. The number of hydrogen-bond acceptors (Lipinski definition) is 4. The van der Waals surface area contributed by atoms with Crippen LogP contribution in [0.2, 0.25) is 0 Å². The Morgan fingerprint density at radius 2 is 1.32 bits per heavy atom. The minimum atomic E-state index is -4.12. The predicted molar refractivity (Wildman–Crippen MR) is 86.2 cm³/mol. The summed E-state index contributed by atoms with van der Waals surface area (Å²) >= 11 is 0. The molecule has 1 N–H and O–H groups in total. The molecule has 0 radical (unpaired) electrons. The molecular weight excluding hydrogens is 327 g/mol. The molecule has 0 aliphatic carbocycles. The van der Waals surface area contributed by atoms with Crippen molar-refractivity contribution in [2.75, 3.05) is 0 Å². The Morgan fingerprint density at radius 3 is 1.73 bits per heavy atom. The Kier molecular flexibility index (Phi) is 18.7. The minimum Gasteiger partial charge on any atom is -0.748 e. The summed E-state index contributed by atoms with van der Waals surface area (Å²) in [7, 11) is -4.12. The second-order valence-electron chi connectivity index (χ2n) is 6.02. The molecule has 0 amide bonds. The maximum atomic E-state index is 11.1. The van der Waals surface area contributed by atoms with Crippen LogP contribution in [-0.2, 0) is 10.1 Å². The van der Waals surface area contributed by atoms with Crippen LogP contribution in [0.4, 0.5) is 0 Å². The average molecular weight is 361 g/mol. The van der Waals surface area contributed by atoms with Gasteiger partial charge in [-0.25, -0.2) is 8.42 Å². The van der Waals surface area contributed by atoms with Gasteiger partial charge in [-0.1, -0.05) is 65.2 Å². The van der Waals surface area contributed by atoms with Gasteiger partial charge in [-0.15, -0.1) is 0 Å². The molecule has 0 fully saturated rings. The molecule has 0 aliphatic rings. The zero-order chi connectivity index (χ0) is 16.1. The third kappa shape index (κ3) is 15.1. The Morgan fingerprint density at radius 1 is 0.864 bits per heavy atom. The van der Waals surface area contributed by atoms with Crippen molar-refractivity contribution in [1.29, 1.82) is 0 Å². The smallest absolute Gasteiger partial charge is 0.748 e. The first kappa shape index (κ1) is 25.7. The molecule has 0 aliphatic heterocycles. The standard InChI is InChI=1S/C16H34O4S.K/c1-3-12-16(21(18,19)20)14-11-9-7-5-6-8-10-13-15(17)4-2;/h15-17H,3-14H2,1-2H3,(H,18,19,20);/q;+1/p-1. The van der Waals surface area contributed by atoms with Gasteiger partial charge < -0.3 is 9.66 Å². The van der Waals surface area contributed by atoms with Gasteiger partial charge in [0.15, 0.2) is 0 Å². The van der Waals surface area contributed by atoms with Gasteiger partial charge in [-0.05, 0) is 25.7 Å². The molecule has 128 valence electrons. The molecule has 22 heavy (non-hydrogen) atoms. The molecule has 2 atom stereocenters. The summed E-state index contributed by atoms with van der Waals surface area (Å²) in [4.78, 5) is 0. The zero-order valence-electron chi connectivity index (χ0n) is 14.7. The molecule has 0 aromatic rings. The molecule has 4 nitrogen and oxygen atoms in total. The Balaban J connectivity index is 0. The van der Waals surface area contributed by atoms with Gasteiger partial charge in [-0.3, -0.25) is 0 Å². The topological polar surface area (TPSA) is 77.4 Å². The van der Waals surface area contributed by atoms with E-state index in [4.69, 9.17) is 0 Å². The van der Waals surface area contributed by atoms with E-state index in [1.165, 1.54) is 6.42 Å². The zero-order valence-corrected chi connectivity index (χ0v) is 18.7. The summed E-state index contributed by atoms with van der Waals surface area (Å²) in [5.74, 6) is 0. The van der Waals surface area contributed by atoms with E-state index in [2.05, 4.69) is 0 Å². The van der Waals surface area contributed by atoms with Gasteiger partial charge in [0.05, 0.1) is 16.2 Å². The average Bonchev–Trinajstić information content (AvgIpc) is 2.42. The molecule has 0 rings (SSSR count). The van der Waals surface area contributed by atoms with Crippen LogP contribution < -0.4 is 51.4 Å². The van der Waals surface area contributed by atoms with E-state index in [0.717, 1.165) is 57.8 Å². The van der Waals surface area contributed by atoms with Crippen molar-refractivity contribution in [3.63, 3.8) is 0 Å². The quantitative estimate of drug-likeness (QED) is 0.285. The Hall–Kier alpha value is 1.51. The van der Waals surface area contributed by atoms with Gasteiger partial charge in [0.25, 0.3) is 0 Å². The van der Waals surface area contributed by atoms with Gasteiger partial charge in [0, 0.05) is 5.25 Å². The van der Waals surface area contributed by atoms with Crippen LogP contribution in [0.5, 0.6) is 0 Å². The van der Waals surface area contributed by atoms with E-state index < -0.39 is 15.4 Å². The molecular formula is C16H33KO4S. The first-order chi connectivity index (χ1) is 9.91. The molecule has 0 aromatic heterocycles. The van der Waals surface area contributed by atoms with Crippen molar-refractivity contribution in [2.24, 2.45) is 0 Å². The maximum absolute atomic E-state index is 11.1. The maximum Gasteiger partial charge on any atom is 1.00 e. The van der Waals surface area contributed by atoms with Crippen molar-refractivity contribution in [3.05, 3.63) is 0 Å². The Labute approximate surface area is 180 Å². The van der Waals surface area contributed by atoms with E-state index in [1.807, 2.05) is 13.8 Å². The van der Waals surface area contributed by atoms with Crippen LogP contribution >= 0.6 is 0 Å². The molecule has 6 heteroatoms. The van der Waals surface area contributed by atoms with Crippen LogP contribution in [0.15, 0.2) is 0 Å². The third-order valence-corrected chi connectivity index (χ3v) is 5.34. The number of hydrogen-bond donors (Lipinski definition) is 1. The molecule has 0 saturated heterocycles. The SMILES string of the molecule is CCCC(CCCCCCCCCC(O)CC)S(=O)(=O)[O-].[K+]. The van der Waals surface area contributed by atoms with E-state index in [9.17, 15) is 18.1 Å². The van der Waals surface area contributed by atoms with Crippen LogP contribution in [0.25, 0.3) is 0 Å². The summed E-state index contributed by atoms with van der Waals surface area (Å²) in [6, 6.07) is 0. The molecule has 0 spiro atoms. The van der Waals surface area contributed by atoms with Crippen molar-refractivity contribution in [3.8, 4) is 0 Å². The monoisotopic (exact) mass is 360 g/mol. The Bertz CT molecular complexity index is 333. The van der Waals surface area contributed by atoms with Gasteiger partial charge in [-0.2, -0.15) is 0 Å². The van der Waals surface area contributed by atoms with Gasteiger partial charge in [0.1, 0.15) is 0 Å². The number of aliphatic hydroxyl groups is 1. The molecule has 0 saturated carbocycles. The fraction of sp³-hybridized carbons (Fsp3) is 1.00. The van der Waals surface area contributed by atoms with Crippen molar-refractivity contribution >= 4 is 10.1 Å². The van der Waals surface area contributed by atoms with Gasteiger partial charge >= 0.3 is 51.4 Å². The minimum absolute atomic E-state index is 0. The van der Waals surface area contributed by atoms with Crippen molar-refractivity contribution in [2.45, 2.75) is 102 Å². The molecule has 0 heterocycles. The van der Waals surface area contributed by atoms with Crippen LogP contribution in [-0.4, -0.2) is 29.4 Å².